The van der Waals surface area contributed by atoms with Gasteiger partial charge >= 0.3 is 0 Å². The van der Waals surface area contributed by atoms with Crippen molar-refractivity contribution in [2.24, 2.45) is 0 Å². The van der Waals surface area contributed by atoms with Crippen molar-refractivity contribution in [1.29, 1.82) is 0 Å². The highest BCUT2D eigenvalue weighted by Crippen LogP contribution is 2.32. The predicted octanol–water partition coefficient (Wildman–Crippen LogP) is 6.16. The van der Waals surface area contributed by atoms with E-state index < -0.39 is 0 Å². The highest BCUT2D eigenvalue weighted by atomic mass is 35.5. The van der Waals surface area contributed by atoms with Gasteiger partial charge in [-0.1, -0.05) is 59.6 Å². The number of aryl methyl sites for hydroxylation is 1. The minimum Gasteiger partial charge on any atom is -0.477 e. The van der Waals surface area contributed by atoms with Crippen LogP contribution < -0.4 is 4.74 Å². The molecule has 0 N–H and O–H groups in total. The van der Waals surface area contributed by atoms with Gasteiger partial charge in [-0.2, -0.15) is 9.78 Å². The molecule has 5 aromatic rings. The molecule has 0 amide bonds. The van der Waals surface area contributed by atoms with E-state index in [9.17, 15) is 0 Å². The number of para-hydroxylation sites is 1. The monoisotopic (exact) mass is 413 g/mol. The van der Waals surface area contributed by atoms with Crippen molar-refractivity contribution in [3.63, 3.8) is 0 Å². The summed E-state index contributed by atoms with van der Waals surface area (Å²) in [5.41, 5.74) is 5.18. The van der Waals surface area contributed by atoms with Crippen LogP contribution in [0.1, 0.15) is 11.1 Å². The van der Waals surface area contributed by atoms with Gasteiger partial charge in [-0.25, -0.2) is 0 Å². The van der Waals surface area contributed by atoms with Crippen LogP contribution in [-0.2, 0) is 6.42 Å². The van der Waals surface area contributed by atoms with Crippen LogP contribution in [0.4, 0.5) is 0 Å². The summed E-state index contributed by atoms with van der Waals surface area (Å²) in [7, 11) is 0. The third-order valence-electron chi connectivity index (χ3n) is 5.19. The topological polar surface area (TPSA) is 39.9 Å². The SMILES string of the molecule is Cc1ccc(CCOc2c3cnc4ccccc4c3nn2-c2ccc(Cl)cc2)cc1. The fourth-order valence-corrected chi connectivity index (χ4v) is 3.69. The fourth-order valence-electron chi connectivity index (χ4n) is 3.57. The molecule has 0 saturated carbocycles. The first-order valence-electron chi connectivity index (χ1n) is 9.90. The second-order valence-corrected chi connectivity index (χ2v) is 7.75. The van der Waals surface area contributed by atoms with E-state index in [1.165, 1.54) is 11.1 Å². The minimum atomic E-state index is 0.546. The molecule has 0 fully saturated rings. The van der Waals surface area contributed by atoms with Crippen LogP contribution >= 0.6 is 11.6 Å². The van der Waals surface area contributed by atoms with Crippen LogP contribution in [-0.4, -0.2) is 21.4 Å². The summed E-state index contributed by atoms with van der Waals surface area (Å²) in [6.07, 6.45) is 2.66. The Labute approximate surface area is 179 Å². The zero-order chi connectivity index (χ0) is 20.5. The van der Waals surface area contributed by atoms with Crippen molar-refractivity contribution in [2.75, 3.05) is 6.61 Å². The third kappa shape index (κ3) is 3.51. The largest absolute Gasteiger partial charge is 0.477 e. The van der Waals surface area contributed by atoms with Gasteiger partial charge in [0.1, 0.15) is 5.52 Å². The van der Waals surface area contributed by atoms with Crippen molar-refractivity contribution < 1.29 is 4.74 Å². The van der Waals surface area contributed by atoms with Crippen molar-refractivity contribution in [3.05, 3.63) is 95.1 Å². The highest BCUT2D eigenvalue weighted by molar-refractivity contribution is 6.30. The molecule has 2 heterocycles. The number of nitrogens with zero attached hydrogens (tertiary/aromatic N) is 3. The van der Waals surface area contributed by atoms with Gasteiger partial charge in [-0.3, -0.25) is 4.98 Å². The van der Waals surface area contributed by atoms with E-state index in [1.807, 2.05) is 59.4 Å². The molecule has 2 aromatic heterocycles. The van der Waals surface area contributed by atoms with Gasteiger partial charge < -0.3 is 4.74 Å². The summed E-state index contributed by atoms with van der Waals surface area (Å²) in [4.78, 5) is 4.61. The van der Waals surface area contributed by atoms with Crippen molar-refractivity contribution in [1.82, 2.24) is 14.8 Å². The Balaban J connectivity index is 1.56. The maximum atomic E-state index is 6.29. The maximum absolute atomic E-state index is 6.29. The average molecular weight is 414 g/mol. The van der Waals surface area contributed by atoms with Gasteiger partial charge in [-0.15, -0.1) is 0 Å². The second kappa shape index (κ2) is 7.81. The lowest BCUT2D eigenvalue weighted by Gasteiger charge is -2.10. The Morgan fingerprint density at radius 1 is 0.900 bits per heavy atom. The Morgan fingerprint density at radius 3 is 2.47 bits per heavy atom. The fraction of sp³-hybridized carbons (Fsp3) is 0.120. The first kappa shape index (κ1) is 18.6. The summed E-state index contributed by atoms with van der Waals surface area (Å²) in [6, 6.07) is 24.1. The summed E-state index contributed by atoms with van der Waals surface area (Å²) in [6.45, 7) is 2.64. The molecule has 0 bridgehead atoms. The zero-order valence-corrected chi connectivity index (χ0v) is 17.3. The molecular weight excluding hydrogens is 394 g/mol. The van der Waals surface area contributed by atoms with E-state index >= 15 is 0 Å². The number of hydrogen-bond donors (Lipinski definition) is 0. The van der Waals surface area contributed by atoms with Gasteiger partial charge in [0.2, 0.25) is 5.88 Å². The number of aromatic nitrogens is 3. The molecule has 0 atom stereocenters. The van der Waals surface area contributed by atoms with Gasteiger partial charge in [-0.05, 0) is 42.8 Å². The molecule has 0 spiro atoms. The smallest absolute Gasteiger partial charge is 0.226 e. The third-order valence-corrected chi connectivity index (χ3v) is 5.44. The van der Waals surface area contributed by atoms with Crippen molar-refractivity contribution >= 4 is 33.4 Å². The predicted molar refractivity (Wildman–Crippen MR) is 122 cm³/mol. The summed E-state index contributed by atoms with van der Waals surface area (Å²) < 4.78 is 8.12. The van der Waals surface area contributed by atoms with Crippen LogP contribution in [0.25, 0.3) is 27.5 Å². The Morgan fingerprint density at radius 2 is 1.67 bits per heavy atom. The summed E-state index contributed by atoms with van der Waals surface area (Å²) in [5, 5.41) is 7.47. The molecule has 0 aliphatic heterocycles. The first-order valence-corrected chi connectivity index (χ1v) is 10.3. The summed E-state index contributed by atoms with van der Waals surface area (Å²) in [5.74, 6) is 0.692. The molecule has 0 radical (unpaired) electrons. The molecule has 4 nitrogen and oxygen atoms in total. The number of benzene rings is 3. The van der Waals surface area contributed by atoms with Crippen molar-refractivity contribution in [3.8, 4) is 11.6 Å². The zero-order valence-electron chi connectivity index (χ0n) is 16.5. The number of halogens is 1. The van der Waals surface area contributed by atoms with E-state index in [-0.39, 0.29) is 0 Å². The number of rotatable bonds is 5. The molecule has 30 heavy (non-hydrogen) atoms. The highest BCUT2D eigenvalue weighted by Gasteiger charge is 2.17. The lowest BCUT2D eigenvalue weighted by Crippen LogP contribution is -2.06. The average Bonchev–Trinajstić information content (AvgIpc) is 3.15. The van der Waals surface area contributed by atoms with Gasteiger partial charge in [0.15, 0.2) is 0 Å². The Hall–Kier alpha value is -3.37. The lowest BCUT2D eigenvalue weighted by atomic mass is 10.1. The van der Waals surface area contributed by atoms with E-state index in [4.69, 9.17) is 21.4 Å². The number of fused-ring (bicyclic) bond motifs is 3. The lowest BCUT2D eigenvalue weighted by molar-refractivity contribution is 0.303. The Kier molecular flexibility index (Phi) is 4.85. The van der Waals surface area contributed by atoms with Gasteiger partial charge in [0.25, 0.3) is 0 Å². The molecule has 0 aliphatic rings. The molecule has 0 saturated heterocycles. The van der Waals surface area contributed by atoms with Crippen LogP contribution in [0.5, 0.6) is 5.88 Å². The summed E-state index contributed by atoms with van der Waals surface area (Å²) >= 11 is 6.09. The number of hydrogen-bond acceptors (Lipinski definition) is 3. The van der Waals surface area contributed by atoms with Crippen molar-refractivity contribution in [2.45, 2.75) is 13.3 Å². The standard InChI is InChI=1S/C25H20ClN3O/c1-17-6-8-18(9-7-17)14-15-30-25-22-16-27-23-5-3-2-4-21(23)24(22)28-29(25)20-12-10-19(26)11-13-20/h2-13,16H,14-15H2,1H3. The molecule has 0 aliphatic carbocycles. The molecule has 5 rings (SSSR count). The van der Waals surface area contributed by atoms with Crippen LogP contribution in [0.2, 0.25) is 5.02 Å². The first-order chi connectivity index (χ1) is 14.7. The van der Waals surface area contributed by atoms with Crippen LogP contribution in [0, 0.1) is 6.92 Å². The molecular formula is C25H20ClN3O. The minimum absolute atomic E-state index is 0.546. The van der Waals surface area contributed by atoms with Crippen LogP contribution in [0.15, 0.2) is 79.0 Å². The Bertz CT molecular complexity index is 1320. The number of pyridine rings is 1. The maximum Gasteiger partial charge on any atom is 0.226 e. The number of ether oxygens (including phenoxy) is 1. The van der Waals surface area contributed by atoms with Gasteiger partial charge in [0, 0.05) is 23.0 Å². The molecule has 5 heteroatoms. The normalized spacial score (nSPS) is 11.3. The second-order valence-electron chi connectivity index (χ2n) is 7.32. The molecule has 148 valence electrons. The van der Waals surface area contributed by atoms with Crippen LogP contribution in [0.3, 0.4) is 0 Å². The molecule has 3 aromatic carbocycles. The van der Waals surface area contributed by atoms with E-state index in [1.54, 1.807) is 0 Å². The van der Waals surface area contributed by atoms with E-state index in [0.29, 0.717) is 17.5 Å². The van der Waals surface area contributed by atoms with Gasteiger partial charge in [0.05, 0.1) is 23.2 Å². The van der Waals surface area contributed by atoms with E-state index in [0.717, 1.165) is 33.9 Å². The van der Waals surface area contributed by atoms with E-state index in [2.05, 4.69) is 36.2 Å². The molecule has 0 unspecified atom stereocenters. The quantitative estimate of drug-likeness (QED) is 0.346.